The van der Waals surface area contributed by atoms with Crippen molar-refractivity contribution in [2.45, 2.75) is 17.1 Å². The van der Waals surface area contributed by atoms with Gasteiger partial charge < -0.3 is 23.7 Å². The standard InChI is InChI=1S/C10H20N2O2.C6H6O3S/c13-9-5-11(6-9)1-2-12(4-3-11)7-10(14)8-12;7-10(8,9)6-4-2-1-3-5-6/h9-10,13-14H,1-8H2;1-5H,(H,7,8,9)/q+2;/p-1. The molecule has 0 aromatic heterocycles. The van der Waals surface area contributed by atoms with E-state index in [0.717, 1.165) is 35.1 Å². The molecule has 3 fully saturated rings. The fourth-order valence-corrected chi connectivity index (χ4v) is 4.56. The lowest BCUT2D eigenvalue weighted by Crippen LogP contribution is -2.79. The molecule has 3 heterocycles. The van der Waals surface area contributed by atoms with Crippen molar-refractivity contribution >= 4 is 10.1 Å². The number of hydrogen-bond donors (Lipinski definition) is 2. The fraction of sp³-hybridized carbons (Fsp3) is 0.625. The van der Waals surface area contributed by atoms with Crippen LogP contribution in [0.15, 0.2) is 35.2 Å². The molecular formula is C16H25N2O5S+. The number of quaternary nitrogens is 2. The second-order valence-corrected chi connectivity index (χ2v) is 8.76. The molecule has 2 spiro atoms. The zero-order valence-electron chi connectivity index (χ0n) is 13.6. The van der Waals surface area contributed by atoms with Gasteiger partial charge >= 0.3 is 0 Å². The maximum atomic E-state index is 10.3. The Morgan fingerprint density at radius 3 is 1.46 bits per heavy atom. The number of aliphatic hydroxyl groups is 2. The summed E-state index contributed by atoms with van der Waals surface area (Å²) in [4.78, 5) is -0.185. The van der Waals surface area contributed by atoms with E-state index in [-0.39, 0.29) is 17.1 Å². The van der Waals surface area contributed by atoms with Crippen molar-refractivity contribution in [3.8, 4) is 0 Å². The van der Waals surface area contributed by atoms with Gasteiger partial charge in [-0.2, -0.15) is 0 Å². The molecule has 24 heavy (non-hydrogen) atoms. The summed E-state index contributed by atoms with van der Waals surface area (Å²) in [6.45, 7) is 8.75. The number of benzene rings is 1. The van der Waals surface area contributed by atoms with Gasteiger partial charge in [-0.3, -0.25) is 0 Å². The summed E-state index contributed by atoms with van der Waals surface area (Å²) in [5, 5.41) is 18.7. The molecule has 0 unspecified atom stereocenters. The van der Waals surface area contributed by atoms with Gasteiger partial charge in [-0.15, -0.1) is 0 Å². The van der Waals surface area contributed by atoms with Crippen LogP contribution in [0.3, 0.4) is 0 Å². The average Bonchev–Trinajstić information content (AvgIpc) is 2.48. The van der Waals surface area contributed by atoms with Crippen molar-refractivity contribution in [2.75, 3.05) is 52.4 Å². The van der Waals surface area contributed by atoms with E-state index in [0.29, 0.717) is 0 Å². The molecule has 134 valence electrons. The normalized spacial score (nSPS) is 38.0. The highest BCUT2D eigenvalue weighted by atomic mass is 32.2. The fourth-order valence-electron chi connectivity index (χ4n) is 4.07. The third kappa shape index (κ3) is 3.79. The number of aliphatic hydroxyl groups excluding tert-OH is 2. The van der Waals surface area contributed by atoms with Gasteiger partial charge in [0.05, 0.1) is 4.90 Å². The van der Waals surface area contributed by atoms with E-state index in [9.17, 15) is 23.2 Å². The zero-order valence-corrected chi connectivity index (χ0v) is 14.4. The lowest BCUT2D eigenvalue weighted by atomic mass is 9.98. The van der Waals surface area contributed by atoms with Crippen LogP contribution in [-0.4, -0.2) is 96.7 Å². The predicted octanol–water partition coefficient (Wildman–Crippen LogP) is -1.03. The molecule has 7 nitrogen and oxygen atoms in total. The molecular weight excluding hydrogens is 332 g/mol. The summed E-state index contributed by atoms with van der Waals surface area (Å²) in [5.41, 5.74) is 0. The first-order valence-corrected chi connectivity index (χ1v) is 9.70. The number of piperazine rings is 1. The summed E-state index contributed by atoms with van der Waals surface area (Å²) < 4.78 is 33.1. The van der Waals surface area contributed by atoms with Crippen LogP contribution in [0.1, 0.15) is 0 Å². The van der Waals surface area contributed by atoms with Gasteiger partial charge in [0.25, 0.3) is 0 Å². The molecule has 0 atom stereocenters. The molecule has 0 radical (unpaired) electrons. The predicted molar refractivity (Wildman–Crippen MR) is 85.9 cm³/mol. The number of rotatable bonds is 1. The summed E-state index contributed by atoms with van der Waals surface area (Å²) in [6, 6.07) is 7.19. The van der Waals surface area contributed by atoms with Gasteiger partial charge in [-0.1, -0.05) is 18.2 Å². The van der Waals surface area contributed by atoms with Crippen LogP contribution in [0.4, 0.5) is 0 Å². The van der Waals surface area contributed by atoms with E-state index in [1.165, 1.54) is 50.4 Å². The minimum Gasteiger partial charge on any atom is -0.744 e. The Morgan fingerprint density at radius 1 is 0.833 bits per heavy atom. The summed E-state index contributed by atoms with van der Waals surface area (Å²) >= 11 is 0. The van der Waals surface area contributed by atoms with Gasteiger partial charge in [0.1, 0.15) is 62.5 Å². The molecule has 3 saturated heterocycles. The third-order valence-electron chi connectivity index (χ3n) is 5.52. The van der Waals surface area contributed by atoms with E-state index in [1.807, 2.05) is 0 Å². The molecule has 4 rings (SSSR count). The second-order valence-electron chi connectivity index (χ2n) is 7.38. The van der Waals surface area contributed by atoms with Gasteiger partial charge in [0, 0.05) is 0 Å². The smallest absolute Gasteiger partial charge is 0.152 e. The summed E-state index contributed by atoms with van der Waals surface area (Å²) in [6.07, 6.45) is -0.0768. The lowest BCUT2D eigenvalue weighted by Gasteiger charge is -2.58. The highest BCUT2D eigenvalue weighted by Crippen LogP contribution is 2.30. The summed E-state index contributed by atoms with van der Waals surface area (Å²) in [5.74, 6) is 0. The zero-order chi connectivity index (χ0) is 17.4. The number of nitrogens with zero attached hydrogens (tertiary/aromatic N) is 2. The van der Waals surface area contributed by atoms with Crippen LogP contribution in [0.5, 0.6) is 0 Å². The summed E-state index contributed by atoms with van der Waals surface area (Å²) in [7, 11) is -4.25. The van der Waals surface area contributed by atoms with Crippen LogP contribution in [0, 0.1) is 0 Å². The Labute approximate surface area is 142 Å². The van der Waals surface area contributed by atoms with Gasteiger partial charge in [-0.05, 0) is 12.1 Å². The molecule has 0 amide bonds. The molecule has 0 bridgehead atoms. The van der Waals surface area contributed by atoms with Gasteiger partial charge in [-0.25, -0.2) is 8.42 Å². The topological polar surface area (TPSA) is 97.7 Å². The first-order chi connectivity index (χ1) is 11.2. The second kappa shape index (κ2) is 6.36. The maximum Gasteiger partial charge on any atom is 0.152 e. The minimum absolute atomic E-state index is 0.0384. The Kier molecular flexibility index (Phi) is 4.71. The molecule has 1 aromatic carbocycles. The van der Waals surface area contributed by atoms with Crippen molar-refractivity contribution in [3.63, 3.8) is 0 Å². The van der Waals surface area contributed by atoms with E-state index < -0.39 is 10.1 Å². The molecule has 3 aliphatic heterocycles. The van der Waals surface area contributed by atoms with E-state index in [1.54, 1.807) is 6.07 Å². The SMILES string of the molecule is O=S(=O)([O-])c1ccccc1.OC1C[N+]2(CC[N+]3(CC2)CC(O)C3)C1. The highest BCUT2D eigenvalue weighted by Gasteiger charge is 2.53. The Balaban J connectivity index is 0.000000150. The quantitative estimate of drug-likeness (QED) is 0.495. The Hall–Kier alpha value is -1.03. The minimum atomic E-state index is -4.25. The molecule has 3 aliphatic rings. The van der Waals surface area contributed by atoms with Crippen molar-refractivity contribution in [2.24, 2.45) is 0 Å². The van der Waals surface area contributed by atoms with Crippen LogP contribution in [-0.2, 0) is 10.1 Å². The Morgan fingerprint density at radius 2 is 1.21 bits per heavy atom. The van der Waals surface area contributed by atoms with Crippen molar-refractivity contribution in [3.05, 3.63) is 30.3 Å². The monoisotopic (exact) mass is 357 g/mol. The lowest BCUT2D eigenvalue weighted by molar-refractivity contribution is -1.07. The molecule has 0 saturated carbocycles. The molecule has 8 heteroatoms. The molecule has 2 N–H and O–H groups in total. The van der Waals surface area contributed by atoms with Crippen molar-refractivity contribution < 1.29 is 32.1 Å². The van der Waals surface area contributed by atoms with Crippen molar-refractivity contribution in [1.29, 1.82) is 0 Å². The van der Waals surface area contributed by atoms with Gasteiger partial charge in [0.2, 0.25) is 0 Å². The van der Waals surface area contributed by atoms with Crippen molar-refractivity contribution in [1.82, 2.24) is 0 Å². The van der Waals surface area contributed by atoms with E-state index in [2.05, 4.69) is 0 Å². The van der Waals surface area contributed by atoms with E-state index >= 15 is 0 Å². The first-order valence-electron chi connectivity index (χ1n) is 8.29. The highest BCUT2D eigenvalue weighted by molar-refractivity contribution is 7.85. The van der Waals surface area contributed by atoms with E-state index in [4.69, 9.17) is 0 Å². The first kappa shape index (κ1) is 17.8. The van der Waals surface area contributed by atoms with Crippen LogP contribution >= 0.6 is 0 Å². The van der Waals surface area contributed by atoms with Gasteiger partial charge in [0.15, 0.2) is 12.2 Å². The molecule has 1 aromatic rings. The van der Waals surface area contributed by atoms with Crippen LogP contribution < -0.4 is 0 Å². The largest absolute Gasteiger partial charge is 0.744 e. The van der Waals surface area contributed by atoms with Crippen LogP contribution in [0.25, 0.3) is 0 Å². The average molecular weight is 357 g/mol. The Bertz CT molecular complexity index is 629. The number of hydrogen-bond acceptors (Lipinski definition) is 5. The third-order valence-corrected chi connectivity index (χ3v) is 6.37. The van der Waals surface area contributed by atoms with Crippen LogP contribution in [0.2, 0.25) is 0 Å². The maximum absolute atomic E-state index is 10.3. The molecule has 0 aliphatic carbocycles.